The average Bonchev–Trinajstić information content (AvgIpc) is 3.13. The molecular formula is C41H68O12S. The molecule has 1 saturated heterocycles. The fourth-order valence-electron chi connectivity index (χ4n) is 5.47. The summed E-state index contributed by atoms with van der Waals surface area (Å²) in [4.78, 5) is 25.2. The van der Waals surface area contributed by atoms with E-state index in [9.17, 15) is 37.9 Å². The number of hydrogen-bond donors (Lipinski definition) is 4. The molecule has 6 atom stereocenters. The molecule has 4 N–H and O–H groups in total. The Kier molecular flexibility index (Phi) is 28.8. The van der Waals surface area contributed by atoms with E-state index in [-0.39, 0.29) is 19.4 Å². The van der Waals surface area contributed by atoms with Gasteiger partial charge in [-0.15, -0.1) is 0 Å². The van der Waals surface area contributed by atoms with Gasteiger partial charge in [0, 0.05) is 12.8 Å². The van der Waals surface area contributed by atoms with Gasteiger partial charge in [0.25, 0.3) is 10.1 Å². The van der Waals surface area contributed by atoms with Crippen molar-refractivity contribution in [1.82, 2.24) is 0 Å². The summed E-state index contributed by atoms with van der Waals surface area (Å²) in [6.45, 7) is 3.52. The van der Waals surface area contributed by atoms with E-state index in [0.717, 1.165) is 77.0 Å². The van der Waals surface area contributed by atoms with Crippen LogP contribution in [0, 0.1) is 0 Å². The Bertz CT molecular complexity index is 1240. The predicted molar refractivity (Wildman–Crippen MR) is 210 cm³/mol. The van der Waals surface area contributed by atoms with Crippen molar-refractivity contribution in [3.63, 3.8) is 0 Å². The lowest BCUT2D eigenvalue weighted by atomic mass is 10.00. The first-order chi connectivity index (χ1) is 26.0. The fraction of sp³-hybridized carbons (Fsp3) is 0.707. The number of hydrogen-bond acceptors (Lipinski definition) is 11. The maximum atomic E-state index is 12.7. The van der Waals surface area contributed by atoms with Crippen LogP contribution in [-0.4, -0.2) is 96.0 Å². The van der Waals surface area contributed by atoms with Crippen LogP contribution >= 0.6 is 0 Å². The van der Waals surface area contributed by atoms with E-state index in [4.69, 9.17) is 18.9 Å². The third-order valence-electron chi connectivity index (χ3n) is 8.58. The molecule has 1 rings (SSSR count). The highest BCUT2D eigenvalue weighted by Gasteiger charge is 2.46. The number of ether oxygens (including phenoxy) is 4. The molecule has 310 valence electrons. The Morgan fingerprint density at radius 1 is 0.648 bits per heavy atom. The van der Waals surface area contributed by atoms with Gasteiger partial charge >= 0.3 is 11.9 Å². The van der Waals surface area contributed by atoms with Gasteiger partial charge in [-0.05, 0) is 70.6 Å². The molecule has 0 aromatic rings. The SMILES string of the molecule is CC/C=C/C/C=C/C/C=C/C/C=C/CCCCC(=O)O[C@H](COC(=O)CCCCCCC/C=C/CCCC)CO[C@H]1O[C@H](CS(=O)(=O)O)[C@@H](O)C(O)C1O. The van der Waals surface area contributed by atoms with Crippen molar-refractivity contribution in [2.45, 2.75) is 166 Å². The minimum atomic E-state index is -4.61. The van der Waals surface area contributed by atoms with Crippen LogP contribution in [0.25, 0.3) is 0 Å². The first-order valence-electron chi connectivity index (χ1n) is 19.8. The Balaban J connectivity index is 2.56. The largest absolute Gasteiger partial charge is 0.462 e. The molecule has 2 unspecified atom stereocenters. The fourth-order valence-corrected chi connectivity index (χ4v) is 6.16. The molecule has 0 amide bonds. The normalized spacial score (nSPS) is 21.6. The monoisotopic (exact) mass is 784 g/mol. The van der Waals surface area contributed by atoms with Gasteiger partial charge in [0.2, 0.25) is 0 Å². The Labute approximate surface area is 324 Å². The second kappa shape index (κ2) is 31.5. The summed E-state index contributed by atoms with van der Waals surface area (Å²) in [5.74, 6) is -2.06. The molecule has 0 saturated carbocycles. The lowest BCUT2D eigenvalue weighted by Crippen LogP contribution is -2.60. The van der Waals surface area contributed by atoms with Crippen LogP contribution < -0.4 is 0 Å². The molecular weight excluding hydrogens is 717 g/mol. The highest BCUT2D eigenvalue weighted by molar-refractivity contribution is 7.85. The van der Waals surface area contributed by atoms with Crippen LogP contribution in [0.4, 0.5) is 0 Å². The number of carbonyl (C=O) groups is 2. The molecule has 0 spiro atoms. The number of aliphatic hydroxyl groups is 3. The van der Waals surface area contributed by atoms with Gasteiger partial charge in [-0.1, -0.05) is 107 Å². The smallest absolute Gasteiger partial charge is 0.306 e. The topological polar surface area (TPSA) is 186 Å². The highest BCUT2D eigenvalue weighted by atomic mass is 32.2. The van der Waals surface area contributed by atoms with Gasteiger partial charge in [0.15, 0.2) is 12.4 Å². The van der Waals surface area contributed by atoms with E-state index >= 15 is 0 Å². The van der Waals surface area contributed by atoms with Crippen LogP contribution in [0.15, 0.2) is 60.8 Å². The minimum Gasteiger partial charge on any atom is -0.462 e. The molecule has 1 fully saturated rings. The van der Waals surface area contributed by atoms with Gasteiger partial charge in [0.05, 0.1) is 6.61 Å². The molecule has 0 radical (unpaired) electrons. The molecule has 0 aromatic heterocycles. The van der Waals surface area contributed by atoms with E-state index in [1.165, 1.54) is 12.8 Å². The first-order valence-corrected chi connectivity index (χ1v) is 21.5. The van der Waals surface area contributed by atoms with Crippen LogP contribution in [-0.2, 0) is 38.7 Å². The number of esters is 2. The highest BCUT2D eigenvalue weighted by Crippen LogP contribution is 2.24. The van der Waals surface area contributed by atoms with Crippen molar-refractivity contribution in [2.24, 2.45) is 0 Å². The van der Waals surface area contributed by atoms with Crippen molar-refractivity contribution < 1.29 is 56.8 Å². The van der Waals surface area contributed by atoms with Gasteiger partial charge in [-0.25, -0.2) is 0 Å². The second-order valence-electron chi connectivity index (χ2n) is 13.6. The quantitative estimate of drug-likeness (QED) is 0.0245. The zero-order valence-corrected chi connectivity index (χ0v) is 33.4. The third kappa shape index (κ3) is 26.2. The van der Waals surface area contributed by atoms with Gasteiger partial charge < -0.3 is 34.3 Å². The second-order valence-corrected chi connectivity index (χ2v) is 15.1. The van der Waals surface area contributed by atoms with E-state index in [0.29, 0.717) is 12.8 Å². The number of allylic oxidation sites excluding steroid dienone is 10. The standard InChI is InChI=1S/C41H68O12S/c1-3-5-7-9-11-13-15-16-17-18-20-22-24-26-28-30-37(43)52-34(31-50-36(42)29-27-25-23-21-19-14-12-10-8-6-4-2)32-51-41-40(46)39(45)38(44)35(53-41)33-54(47,48)49/h5,7,10-13,16-17,20,22,34-35,38-41,44-46H,3-4,6,8-9,14-15,18-19,21,23-33H2,1-2H3,(H,47,48,49)/b7-5+,12-10+,13-11+,17-16+,22-20+/t34-,35-,38-,39?,40?,41+/m1/s1. The van der Waals surface area contributed by atoms with Crippen LogP contribution in [0.5, 0.6) is 0 Å². The van der Waals surface area contributed by atoms with Crippen molar-refractivity contribution in [3.8, 4) is 0 Å². The van der Waals surface area contributed by atoms with Gasteiger partial charge in [-0.2, -0.15) is 8.42 Å². The van der Waals surface area contributed by atoms with Crippen LogP contribution in [0.1, 0.15) is 129 Å². The molecule has 1 aliphatic heterocycles. The van der Waals surface area contributed by atoms with E-state index in [1.54, 1.807) is 0 Å². The summed E-state index contributed by atoms with van der Waals surface area (Å²) in [6, 6.07) is 0. The molecule has 0 aliphatic carbocycles. The van der Waals surface area contributed by atoms with Crippen LogP contribution in [0.2, 0.25) is 0 Å². The lowest BCUT2D eigenvalue weighted by Gasteiger charge is -2.40. The number of unbranched alkanes of at least 4 members (excludes halogenated alkanes) is 9. The summed E-state index contributed by atoms with van der Waals surface area (Å²) < 4.78 is 53.8. The summed E-state index contributed by atoms with van der Waals surface area (Å²) in [6.07, 6.45) is 27.1. The minimum absolute atomic E-state index is 0.108. The Morgan fingerprint density at radius 3 is 1.80 bits per heavy atom. The molecule has 12 nitrogen and oxygen atoms in total. The Hall–Kier alpha value is -2.65. The van der Waals surface area contributed by atoms with E-state index in [2.05, 4.69) is 74.6 Å². The third-order valence-corrected chi connectivity index (χ3v) is 9.33. The van der Waals surface area contributed by atoms with Crippen molar-refractivity contribution >= 4 is 22.1 Å². The molecule has 0 bridgehead atoms. The molecule has 13 heteroatoms. The van der Waals surface area contributed by atoms with Crippen molar-refractivity contribution in [1.29, 1.82) is 0 Å². The Morgan fingerprint density at radius 2 is 1.17 bits per heavy atom. The lowest BCUT2D eigenvalue weighted by molar-refractivity contribution is -0.297. The van der Waals surface area contributed by atoms with Crippen LogP contribution in [0.3, 0.4) is 0 Å². The van der Waals surface area contributed by atoms with Crippen molar-refractivity contribution in [3.05, 3.63) is 60.8 Å². The maximum absolute atomic E-state index is 12.7. The van der Waals surface area contributed by atoms with Gasteiger partial charge in [0.1, 0.15) is 36.8 Å². The first kappa shape index (κ1) is 49.4. The zero-order valence-electron chi connectivity index (χ0n) is 32.5. The molecule has 54 heavy (non-hydrogen) atoms. The predicted octanol–water partition coefficient (Wildman–Crippen LogP) is 7.00. The summed E-state index contributed by atoms with van der Waals surface area (Å²) in [5, 5.41) is 30.8. The summed E-state index contributed by atoms with van der Waals surface area (Å²) >= 11 is 0. The average molecular weight is 785 g/mol. The zero-order chi connectivity index (χ0) is 39.9. The summed E-state index contributed by atoms with van der Waals surface area (Å²) in [5.41, 5.74) is 0. The van der Waals surface area contributed by atoms with E-state index in [1.807, 2.05) is 0 Å². The molecule has 0 aromatic carbocycles. The van der Waals surface area contributed by atoms with E-state index < -0.39 is 71.2 Å². The number of carbonyl (C=O) groups excluding carboxylic acids is 2. The number of aliphatic hydroxyl groups excluding tert-OH is 3. The number of rotatable bonds is 31. The molecule has 1 aliphatic rings. The maximum Gasteiger partial charge on any atom is 0.306 e. The van der Waals surface area contributed by atoms with Crippen molar-refractivity contribution in [2.75, 3.05) is 19.0 Å². The van der Waals surface area contributed by atoms with Gasteiger partial charge in [-0.3, -0.25) is 14.1 Å². The molecule has 1 heterocycles. The summed E-state index contributed by atoms with van der Waals surface area (Å²) in [7, 11) is -4.61.